The van der Waals surface area contributed by atoms with Crippen LogP contribution in [0.4, 0.5) is 0 Å². The maximum absolute atomic E-state index is 4.97. The van der Waals surface area contributed by atoms with Gasteiger partial charge in [0.15, 0.2) is 0 Å². The molecule has 0 saturated heterocycles. The van der Waals surface area contributed by atoms with Crippen molar-refractivity contribution in [1.29, 1.82) is 0 Å². The number of unbranched alkanes of at least 4 members (excludes halogenated alkanes) is 1. The molecule has 0 N–H and O–H groups in total. The van der Waals surface area contributed by atoms with Crippen LogP contribution in [0, 0.1) is 13.8 Å². The first-order chi connectivity index (χ1) is 12.8. The second kappa shape index (κ2) is 10.6. The second-order valence-corrected chi connectivity index (χ2v) is 19.4. The van der Waals surface area contributed by atoms with Crippen molar-refractivity contribution in [2.75, 3.05) is 0 Å². The summed E-state index contributed by atoms with van der Waals surface area (Å²) >= 11 is -1.92. The summed E-state index contributed by atoms with van der Waals surface area (Å²) in [5, 5.41) is 6.07. The topological polar surface area (TPSA) is 0 Å². The Hall–Kier alpha value is -0.149. The van der Waals surface area contributed by atoms with Crippen LogP contribution in [0.2, 0.25) is 12.6 Å². The number of halogens is 3. The standard InChI is InChI=1S/C22H27Si.3ClH.Ti/c1-5-6-13-23(4,20-15-17(2)14-18(3)16-20)22-12-11-19-9-7-8-10-21(19)22;;;;/h7-12,14-16H,5-6,13H2,1-4H3;3*1H;/q-1;;;;+4/p-3. The number of hydrogen-bond donors (Lipinski definition) is 0. The molecule has 5 heteroatoms. The van der Waals surface area contributed by atoms with Crippen LogP contribution in [0.3, 0.4) is 0 Å². The summed E-state index contributed by atoms with van der Waals surface area (Å²) in [5.41, 5.74) is 2.79. The third kappa shape index (κ3) is 6.16. The summed E-state index contributed by atoms with van der Waals surface area (Å²) in [6.07, 6.45) is 2.58. The second-order valence-electron chi connectivity index (χ2n) is 7.36. The molecule has 0 aliphatic heterocycles. The molecule has 0 bridgehead atoms. The zero-order chi connectivity index (χ0) is 20.0. The van der Waals surface area contributed by atoms with E-state index >= 15 is 0 Å². The molecule has 1 unspecified atom stereocenters. The normalized spacial score (nSPS) is 13.0. The van der Waals surface area contributed by atoms with E-state index in [9.17, 15) is 0 Å². The van der Waals surface area contributed by atoms with Gasteiger partial charge in [0, 0.05) is 0 Å². The zero-order valence-corrected chi connectivity index (χ0v) is 21.3. The van der Waals surface area contributed by atoms with Crippen LogP contribution in [-0.2, 0) is 14.7 Å². The maximum atomic E-state index is 4.97. The first-order valence-electron chi connectivity index (χ1n) is 9.35. The minimum absolute atomic E-state index is 1.27. The number of hydrogen-bond acceptors (Lipinski definition) is 0. The molecule has 3 aromatic rings. The third-order valence-corrected chi connectivity index (χ3v) is 9.71. The Morgan fingerprint density at radius 1 is 0.963 bits per heavy atom. The van der Waals surface area contributed by atoms with E-state index < -0.39 is 22.8 Å². The summed E-state index contributed by atoms with van der Waals surface area (Å²) < 4.78 is 0. The summed E-state index contributed by atoms with van der Waals surface area (Å²) in [5.74, 6) is 0. The van der Waals surface area contributed by atoms with Gasteiger partial charge in [-0.1, -0.05) is 72.9 Å². The monoisotopic (exact) mass is 472 g/mol. The molecule has 1 atom stereocenters. The molecule has 0 amide bonds. The van der Waals surface area contributed by atoms with Crippen molar-refractivity contribution in [3.8, 4) is 0 Å². The number of aryl methyl sites for hydroxylation is 2. The molecule has 0 fully saturated rings. The van der Waals surface area contributed by atoms with Crippen LogP contribution in [0.5, 0.6) is 0 Å². The van der Waals surface area contributed by atoms with Crippen molar-refractivity contribution < 1.29 is 14.7 Å². The van der Waals surface area contributed by atoms with E-state index in [4.69, 9.17) is 27.9 Å². The number of rotatable bonds is 5. The van der Waals surface area contributed by atoms with Gasteiger partial charge in [0.1, 0.15) is 0 Å². The van der Waals surface area contributed by atoms with Gasteiger partial charge in [-0.25, -0.2) is 0 Å². The predicted octanol–water partition coefficient (Wildman–Crippen LogP) is 7.23. The molecule has 0 aromatic heterocycles. The summed E-state index contributed by atoms with van der Waals surface area (Å²) in [6.45, 7) is 9.33. The van der Waals surface area contributed by atoms with Gasteiger partial charge in [0.25, 0.3) is 0 Å². The molecule has 3 rings (SSSR count). The third-order valence-electron chi connectivity index (χ3n) is 5.16. The molecule has 0 radical (unpaired) electrons. The van der Waals surface area contributed by atoms with Gasteiger partial charge in [-0.3, -0.25) is 0 Å². The van der Waals surface area contributed by atoms with E-state index in [1.54, 1.807) is 10.4 Å². The average molecular weight is 474 g/mol. The number of benzene rings is 2. The molecule has 0 heterocycles. The molecule has 0 saturated carbocycles. The van der Waals surface area contributed by atoms with Gasteiger partial charge < -0.3 is 0 Å². The Morgan fingerprint density at radius 2 is 1.56 bits per heavy atom. The fourth-order valence-electron chi connectivity index (χ4n) is 3.89. The summed E-state index contributed by atoms with van der Waals surface area (Å²) in [4.78, 5) is 0. The van der Waals surface area contributed by atoms with Crippen molar-refractivity contribution >= 4 is 57.1 Å². The minimum atomic E-state index is -1.92. The van der Waals surface area contributed by atoms with E-state index in [0.29, 0.717) is 0 Å². The molecule has 144 valence electrons. The van der Waals surface area contributed by atoms with E-state index in [2.05, 4.69) is 81.9 Å². The van der Waals surface area contributed by atoms with Crippen molar-refractivity contribution in [2.24, 2.45) is 0 Å². The van der Waals surface area contributed by atoms with Crippen LogP contribution < -0.4 is 10.4 Å². The fourth-order valence-corrected chi connectivity index (χ4v) is 8.19. The van der Waals surface area contributed by atoms with Gasteiger partial charge in [-0.15, -0.1) is 34.2 Å². The first-order valence-corrected chi connectivity index (χ1v) is 18.5. The van der Waals surface area contributed by atoms with E-state index in [1.165, 1.54) is 40.8 Å². The van der Waals surface area contributed by atoms with Gasteiger partial charge >= 0.3 is 42.6 Å². The molecule has 0 aliphatic carbocycles. The Balaban J connectivity index is 0.000000596. The summed E-state index contributed by atoms with van der Waals surface area (Å²) in [7, 11) is 13.2. The van der Waals surface area contributed by atoms with Gasteiger partial charge in [0.2, 0.25) is 0 Å². The summed E-state index contributed by atoms with van der Waals surface area (Å²) in [6, 6.07) is 22.1. The quantitative estimate of drug-likeness (QED) is 0.271. The average Bonchev–Trinajstić information content (AvgIpc) is 3.03. The molecule has 0 nitrogen and oxygen atoms in total. The van der Waals surface area contributed by atoms with Crippen LogP contribution in [0.25, 0.3) is 10.8 Å². The molecule has 3 aromatic carbocycles. The Morgan fingerprint density at radius 3 is 2.15 bits per heavy atom. The van der Waals surface area contributed by atoms with E-state index in [-0.39, 0.29) is 0 Å². The first kappa shape index (κ1) is 23.1. The zero-order valence-electron chi connectivity index (χ0n) is 16.5. The van der Waals surface area contributed by atoms with E-state index in [1.807, 2.05) is 0 Å². The van der Waals surface area contributed by atoms with Gasteiger partial charge in [-0.2, -0.15) is 12.1 Å². The van der Waals surface area contributed by atoms with Crippen molar-refractivity contribution in [1.82, 2.24) is 0 Å². The van der Waals surface area contributed by atoms with Crippen LogP contribution >= 0.6 is 27.9 Å². The van der Waals surface area contributed by atoms with Crippen molar-refractivity contribution in [2.45, 2.75) is 46.2 Å². The molecule has 0 spiro atoms. The Labute approximate surface area is 182 Å². The SMILES string of the molecule is CCCC[Si](C)(c1cc(C)cc(C)c1)[c-]1ccc2ccccc21.[Cl][Ti+]([Cl])[Cl]. The molecular weight excluding hydrogens is 447 g/mol. The molecular formula is C22H27Cl3SiTi. The van der Waals surface area contributed by atoms with Crippen molar-refractivity contribution in [3.05, 3.63) is 65.7 Å². The Kier molecular flexibility index (Phi) is 9.06. The van der Waals surface area contributed by atoms with Gasteiger partial charge in [0.05, 0.1) is 8.07 Å². The molecule has 27 heavy (non-hydrogen) atoms. The van der Waals surface area contributed by atoms with Crippen LogP contribution in [-0.4, -0.2) is 8.07 Å². The number of fused-ring (bicyclic) bond motifs is 1. The fraction of sp³-hybridized carbons (Fsp3) is 0.318. The van der Waals surface area contributed by atoms with Gasteiger partial charge in [-0.05, 0) is 13.8 Å². The van der Waals surface area contributed by atoms with Crippen LogP contribution in [0.15, 0.2) is 54.6 Å². The Bertz CT molecular complexity index is 852. The predicted molar refractivity (Wildman–Crippen MR) is 124 cm³/mol. The van der Waals surface area contributed by atoms with E-state index in [0.717, 1.165) is 0 Å². The molecule has 0 aliphatic rings. The van der Waals surface area contributed by atoms with Crippen LogP contribution in [0.1, 0.15) is 30.9 Å². The van der Waals surface area contributed by atoms with Crippen molar-refractivity contribution in [3.63, 3.8) is 0 Å².